The summed E-state index contributed by atoms with van der Waals surface area (Å²) in [6, 6.07) is 22.9. The second kappa shape index (κ2) is 5.44. The molecular weight excluding hydrogens is 429 g/mol. The maximum atomic E-state index is 13.4. The Morgan fingerprint density at radius 1 is 0.875 bits per heavy atom. The van der Waals surface area contributed by atoms with Crippen molar-refractivity contribution in [3.8, 4) is 5.30 Å². The van der Waals surface area contributed by atoms with E-state index in [9.17, 15) is 4.39 Å². The van der Waals surface area contributed by atoms with Crippen LogP contribution < -0.4 is 0 Å². The predicted molar refractivity (Wildman–Crippen MR) is 110 cm³/mol. The molecule has 5 aromatic rings. The van der Waals surface area contributed by atoms with Crippen LogP contribution in [0.25, 0.3) is 26.3 Å². The van der Waals surface area contributed by atoms with Crippen LogP contribution in [-0.2, 0) is 6.42 Å². The number of benzene rings is 3. The Labute approximate surface area is 154 Å². The van der Waals surface area contributed by atoms with Gasteiger partial charge in [-0.05, 0) is 104 Å². The standard InChI is InChI=1S/C21H13FIP/c22-15-3-7-17(8-4-15)24-16-5-1-13(2-6-16)14-11-18-19(12-14)21(24)10-9-20(18)23/h1-10,12H,11H2. The van der Waals surface area contributed by atoms with Crippen molar-refractivity contribution in [2.45, 2.75) is 6.42 Å². The lowest BCUT2D eigenvalue weighted by atomic mass is 10.1. The lowest BCUT2D eigenvalue weighted by Gasteiger charge is -2.11. The van der Waals surface area contributed by atoms with Gasteiger partial charge in [0, 0.05) is 8.69 Å². The van der Waals surface area contributed by atoms with Gasteiger partial charge < -0.3 is 0 Å². The number of hydrogen-bond donors (Lipinski definition) is 0. The quantitative estimate of drug-likeness (QED) is 0.241. The second-order valence-electron chi connectivity index (χ2n) is 6.16. The first-order chi connectivity index (χ1) is 11.7. The molecule has 0 saturated heterocycles. The Morgan fingerprint density at radius 2 is 1.62 bits per heavy atom. The first-order valence-electron chi connectivity index (χ1n) is 7.89. The third-order valence-corrected chi connectivity index (χ3v) is 8.30. The van der Waals surface area contributed by atoms with Gasteiger partial charge in [-0.15, -0.1) is 0 Å². The molecule has 1 atom stereocenters. The highest BCUT2D eigenvalue weighted by atomic mass is 127. The van der Waals surface area contributed by atoms with Gasteiger partial charge in [-0.2, -0.15) is 0 Å². The van der Waals surface area contributed by atoms with Gasteiger partial charge in [0.1, 0.15) is 5.82 Å². The Hall–Kier alpha value is -1.64. The van der Waals surface area contributed by atoms with Crippen molar-refractivity contribution in [2.24, 2.45) is 0 Å². The van der Waals surface area contributed by atoms with Crippen LogP contribution in [0.15, 0.2) is 66.7 Å². The van der Waals surface area contributed by atoms with E-state index in [0.717, 1.165) is 6.42 Å². The highest BCUT2D eigenvalue weighted by molar-refractivity contribution is 14.1. The molecule has 0 fully saturated rings. The van der Waals surface area contributed by atoms with Gasteiger partial charge in [-0.3, -0.25) is 0 Å². The summed E-state index contributed by atoms with van der Waals surface area (Å²) in [5, 5.41) is 6.61. The molecule has 2 aromatic heterocycles. The maximum absolute atomic E-state index is 13.4. The Morgan fingerprint density at radius 3 is 2.38 bits per heavy atom. The zero-order valence-electron chi connectivity index (χ0n) is 12.8. The maximum Gasteiger partial charge on any atom is 0.123 e. The molecule has 0 radical (unpaired) electrons. The molecule has 0 aliphatic heterocycles. The van der Waals surface area contributed by atoms with Gasteiger partial charge in [0.05, 0.1) is 0 Å². The van der Waals surface area contributed by atoms with E-state index >= 15 is 0 Å². The number of halogens is 2. The summed E-state index contributed by atoms with van der Waals surface area (Å²) in [5.41, 5.74) is 2.85. The van der Waals surface area contributed by atoms with E-state index < -0.39 is 7.53 Å². The molecule has 1 aliphatic carbocycles. The van der Waals surface area contributed by atoms with Crippen LogP contribution in [0.3, 0.4) is 0 Å². The van der Waals surface area contributed by atoms with Gasteiger partial charge in [-0.25, -0.2) is 4.39 Å². The molecule has 1 unspecified atom stereocenters. The number of rotatable bonds is 1. The van der Waals surface area contributed by atoms with Crippen LogP contribution >= 0.6 is 30.1 Å². The molecule has 2 heterocycles. The summed E-state index contributed by atoms with van der Waals surface area (Å²) < 4.78 is 14.8. The number of fused-ring (bicyclic) bond motifs is 2. The van der Waals surface area contributed by atoms with Crippen molar-refractivity contribution in [1.82, 2.24) is 0 Å². The Kier molecular flexibility index (Phi) is 3.33. The van der Waals surface area contributed by atoms with Crippen molar-refractivity contribution in [2.75, 3.05) is 0 Å². The summed E-state index contributed by atoms with van der Waals surface area (Å²) in [6.07, 6.45) is 1.01. The normalized spacial score (nSPS) is 13.2. The zero-order chi connectivity index (χ0) is 16.3. The lowest BCUT2D eigenvalue weighted by Crippen LogP contribution is -1.87. The summed E-state index contributed by atoms with van der Waals surface area (Å²) in [5.74, 6) is -0.177. The molecule has 3 heteroatoms. The first kappa shape index (κ1) is 14.7. The van der Waals surface area contributed by atoms with Gasteiger partial charge in [0.15, 0.2) is 0 Å². The number of hydrogen-bond acceptors (Lipinski definition) is 0. The van der Waals surface area contributed by atoms with Crippen molar-refractivity contribution >= 4 is 51.1 Å². The Bertz CT molecular complexity index is 1120. The molecule has 0 spiro atoms. The minimum atomic E-state index is -0.668. The fourth-order valence-electron chi connectivity index (χ4n) is 3.60. The molecule has 116 valence electrons. The molecule has 6 rings (SSSR count). The molecule has 0 saturated carbocycles. The van der Waals surface area contributed by atoms with Crippen LogP contribution in [0.2, 0.25) is 0 Å². The molecule has 0 N–H and O–H groups in total. The lowest BCUT2D eigenvalue weighted by molar-refractivity contribution is 0.628. The van der Waals surface area contributed by atoms with Crippen molar-refractivity contribution in [3.05, 3.63) is 87.2 Å². The van der Waals surface area contributed by atoms with Crippen LogP contribution in [0, 0.1) is 9.39 Å². The first-order valence-corrected chi connectivity index (χ1v) is 10.3. The fourth-order valence-corrected chi connectivity index (χ4v) is 6.68. The van der Waals surface area contributed by atoms with Crippen LogP contribution in [0.1, 0.15) is 11.1 Å². The molecule has 3 aromatic carbocycles. The van der Waals surface area contributed by atoms with Gasteiger partial charge in [-0.1, -0.05) is 31.8 Å². The minimum absolute atomic E-state index is 0.177. The largest absolute Gasteiger partial charge is 0.207 e. The van der Waals surface area contributed by atoms with Crippen molar-refractivity contribution in [1.29, 1.82) is 0 Å². The van der Waals surface area contributed by atoms with Crippen molar-refractivity contribution < 1.29 is 4.39 Å². The highest BCUT2D eigenvalue weighted by Crippen LogP contribution is 2.51. The molecule has 0 nitrogen and oxygen atoms in total. The fraction of sp³-hybridized carbons (Fsp3) is 0.0476. The zero-order valence-corrected chi connectivity index (χ0v) is 15.8. The van der Waals surface area contributed by atoms with Gasteiger partial charge in [0.2, 0.25) is 0 Å². The van der Waals surface area contributed by atoms with Crippen molar-refractivity contribution in [3.63, 3.8) is 0 Å². The van der Waals surface area contributed by atoms with E-state index in [2.05, 4.69) is 65.1 Å². The van der Waals surface area contributed by atoms with Gasteiger partial charge >= 0.3 is 0 Å². The average molecular weight is 442 g/mol. The third-order valence-electron chi connectivity index (χ3n) is 4.78. The predicted octanol–water partition coefficient (Wildman–Crippen LogP) is 7.18. The van der Waals surface area contributed by atoms with Gasteiger partial charge in [0.25, 0.3) is 0 Å². The molecule has 4 bridgehead atoms. The molecule has 1 aliphatic rings. The average Bonchev–Trinajstić information content (AvgIpc) is 3.08. The molecular formula is C21H13FIP. The van der Waals surface area contributed by atoms with E-state index in [1.54, 1.807) is 12.1 Å². The van der Waals surface area contributed by atoms with E-state index in [4.69, 9.17) is 0 Å². The SMILES string of the molecule is Fc1ccc(-p2c3ccc(cc3)c3cc4c(c(I)ccc42)C3)cc1. The highest BCUT2D eigenvalue weighted by Gasteiger charge is 2.17. The topological polar surface area (TPSA) is 0 Å². The van der Waals surface area contributed by atoms with Crippen LogP contribution in [-0.4, -0.2) is 0 Å². The summed E-state index contributed by atoms with van der Waals surface area (Å²) in [4.78, 5) is 0. The second-order valence-corrected chi connectivity index (χ2v) is 9.51. The molecule has 0 amide bonds. The summed E-state index contributed by atoms with van der Waals surface area (Å²) in [7, 11) is -0.668. The molecule has 24 heavy (non-hydrogen) atoms. The third kappa shape index (κ3) is 2.17. The minimum Gasteiger partial charge on any atom is -0.207 e. The summed E-state index contributed by atoms with van der Waals surface area (Å²) in [6.45, 7) is 0. The monoisotopic (exact) mass is 442 g/mol. The van der Waals surface area contributed by atoms with E-state index in [-0.39, 0.29) is 5.82 Å². The van der Waals surface area contributed by atoms with Crippen LogP contribution in [0.4, 0.5) is 4.39 Å². The van der Waals surface area contributed by atoms with E-state index in [1.165, 1.54) is 41.0 Å². The smallest absolute Gasteiger partial charge is 0.123 e. The summed E-state index contributed by atoms with van der Waals surface area (Å²) >= 11 is 2.44. The Balaban J connectivity index is 2.03. The van der Waals surface area contributed by atoms with E-state index in [0.29, 0.717) is 0 Å². The van der Waals surface area contributed by atoms with Crippen LogP contribution in [0.5, 0.6) is 0 Å². The van der Waals surface area contributed by atoms with E-state index in [1.807, 2.05) is 12.1 Å².